The van der Waals surface area contributed by atoms with Crippen molar-refractivity contribution in [3.05, 3.63) is 73.1 Å². The molecule has 0 aliphatic rings. The Hall–Kier alpha value is -1.75. The molecule has 3 rings (SSSR count). The molecule has 2 aromatic carbocycles. The van der Waals surface area contributed by atoms with Gasteiger partial charge in [0.15, 0.2) is 5.69 Å². The van der Waals surface area contributed by atoms with E-state index >= 15 is 0 Å². The first-order valence-corrected chi connectivity index (χ1v) is 6.31. The highest BCUT2D eigenvalue weighted by molar-refractivity contribution is 5.65. The SMILES string of the molecule is C[n+]1cnc(-c2ccccc2)cc1-c1ccccc1.[I-]. The first kappa shape index (κ1) is 14.7. The third-order valence-electron chi connectivity index (χ3n) is 3.16. The van der Waals surface area contributed by atoms with Crippen LogP contribution < -0.4 is 28.5 Å². The molecule has 0 saturated carbocycles. The second-order valence-electron chi connectivity index (χ2n) is 4.50. The summed E-state index contributed by atoms with van der Waals surface area (Å²) in [4.78, 5) is 4.50. The van der Waals surface area contributed by atoms with Crippen LogP contribution in [-0.2, 0) is 7.05 Å². The molecule has 0 aliphatic heterocycles. The van der Waals surface area contributed by atoms with Crippen molar-refractivity contribution >= 4 is 0 Å². The lowest BCUT2D eigenvalue weighted by Crippen LogP contribution is -3.00. The van der Waals surface area contributed by atoms with Gasteiger partial charge in [0.25, 0.3) is 6.33 Å². The van der Waals surface area contributed by atoms with Gasteiger partial charge >= 0.3 is 0 Å². The molecular formula is C17H15IN2. The Labute approximate surface area is 136 Å². The van der Waals surface area contributed by atoms with E-state index < -0.39 is 0 Å². The van der Waals surface area contributed by atoms with Crippen molar-refractivity contribution in [2.75, 3.05) is 0 Å². The fourth-order valence-electron chi connectivity index (χ4n) is 2.14. The van der Waals surface area contributed by atoms with Crippen molar-refractivity contribution in [1.29, 1.82) is 0 Å². The van der Waals surface area contributed by atoms with Crippen molar-refractivity contribution < 1.29 is 28.5 Å². The second kappa shape index (κ2) is 6.61. The molecule has 1 aromatic heterocycles. The molecule has 0 bridgehead atoms. The monoisotopic (exact) mass is 374 g/mol. The fourth-order valence-corrected chi connectivity index (χ4v) is 2.14. The third kappa shape index (κ3) is 3.04. The van der Waals surface area contributed by atoms with Crippen molar-refractivity contribution in [3.63, 3.8) is 0 Å². The number of aromatic nitrogens is 2. The number of benzene rings is 2. The predicted octanol–water partition coefficient (Wildman–Crippen LogP) is 0.244. The largest absolute Gasteiger partial charge is 1.00 e. The van der Waals surface area contributed by atoms with E-state index in [4.69, 9.17) is 0 Å². The molecule has 3 aromatic rings. The summed E-state index contributed by atoms with van der Waals surface area (Å²) in [6.45, 7) is 0. The van der Waals surface area contributed by atoms with Crippen LogP contribution in [0.4, 0.5) is 0 Å². The van der Waals surface area contributed by atoms with Gasteiger partial charge in [0, 0.05) is 17.2 Å². The van der Waals surface area contributed by atoms with E-state index in [9.17, 15) is 0 Å². The third-order valence-corrected chi connectivity index (χ3v) is 3.16. The molecule has 0 aliphatic carbocycles. The summed E-state index contributed by atoms with van der Waals surface area (Å²) in [6, 6.07) is 22.7. The lowest BCUT2D eigenvalue weighted by Gasteiger charge is -2.03. The van der Waals surface area contributed by atoms with Gasteiger partial charge in [-0.05, 0) is 4.98 Å². The summed E-state index contributed by atoms with van der Waals surface area (Å²) in [6.07, 6.45) is 1.87. The number of hydrogen-bond donors (Lipinski definition) is 0. The van der Waals surface area contributed by atoms with E-state index in [0.29, 0.717) is 0 Å². The summed E-state index contributed by atoms with van der Waals surface area (Å²) >= 11 is 0. The van der Waals surface area contributed by atoms with Crippen LogP contribution in [0.25, 0.3) is 22.5 Å². The van der Waals surface area contributed by atoms with E-state index in [1.54, 1.807) is 0 Å². The van der Waals surface area contributed by atoms with Gasteiger partial charge < -0.3 is 24.0 Å². The van der Waals surface area contributed by atoms with Crippen LogP contribution >= 0.6 is 0 Å². The van der Waals surface area contributed by atoms with E-state index in [1.807, 2.05) is 42.2 Å². The minimum atomic E-state index is 0. The molecule has 0 amide bonds. The maximum Gasteiger partial charge on any atom is 0.287 e. The Bertz CT molecular complexity index is 682. The average molecular weight is 374 g/mol. The summed E-state index contributed by atoms with van der Waals surface area (Å²) < 4.78 is 2.04. The molecule has 3 heteroatoms. The van der Waals surface area contributed by atoms with Crippen molar-refractivity contribution in [2.24, 2.45) is 7.05 Å². The Morgan fingerprint density at radius 1 is 0.800 bits per heavy atom. The summed E-state index contributed by atoms with van der Waals surface area (Å²) in [7, 11) is 2.02. The summed E-state index contributed by atoms with van der Waals surface area (Å²) in [5.41, 5.74) is 4.50. The van der Waals surface area contributed by atoms with Gasteiger partial charge in [0.1, 0.15) is 5.69 Å². The van der Waals surface area contributed by atoms with Crippen LogP contribution in [0.3, 0.4) is 0 Å². The molecule has 1 heterocycles. The normalized spacial score (nSPS) is 9.85. The van der Waals surface area contributed by atoms with Gasteiger partial charge in [-0.3, -0.25) is 0 Å². The fraction of sp³-hybridized carbons (Fsp3) is 0.0588. The lowest BCUT2D eigenvalue weighted by molar-refractivity contribution is -0.663. The van der Waals surface area contributed by atoms with Crippen LogP contribution in [0, 0.1) is 0 Å². The Balaban J connectivity index is 0.00000147. The number of hydrogen-bond acceptors (Lipinski definition) is 1. The zero-order valence-corrected chi connectivity index (χ0v) is 13.4. The van der Waals surface area contributed by atoms with E-state index in [2.05, 4.69) is 47.4 Å². The van der Waals surface area contributed by atoms with Crippen LogP contribution in [0.5, 0.6) is 0 Å². The molecule has 0 N–H and O–H groups in total. The predicted molar refractivity (Wildman–Crippen MR) is 76.3 cm³/mol. The minimum Gasteiger partial charge on any atom is -1.00 e. The Morgan fingerprint density at radius 3 is 1.95 bits per heavy atom. The van der Waals surface area contributed by atoms with Gasteiger partial charge in [-0.1, -0.05) is 60.7 Å². The Morgan fingerprint density at radius 2 is 1.35 bits per heavy atom. The number of aryl methyl sites for hydroxylation is 1. The van der Waals surface area contributed by atoms with Crippen molar-refractivity contribution in [2.45, 2.75) is 0 Å². The summed E-state index contributed by atoms with van der Waals surface area (Å²) in [5.74, 6) is 0. The molecule has 0 spiro atoms. The topological polar surface area (TPSA) is 16.8 Å². The zero-order valence-electron chi connectivity index (χ0n) is 11.2. The van der Waals surface area contributed by atoms with E-state index in [0.717, 1.165) is 17.0 Å². The van der Waals surface area contributed by atoms with Gasteiger partial charge in [0.05, 0.1) is 7.05 Å². The average Bonchev–Trinajstić information content (AvgIpc) is 2.49. The molecule has 0 radical (unpaired) electrons. The second-order valence-corrected chi connectivity index (χ2v) is 4.50. The molecule has 20 heavy (non-hydrogen) atoms. The zero-order chi connectivity index (χ0) is 13.1. The smallest absolute Gasteiger partial charge is 0.287 e. The number of nitrogens with zero attached hydrogens (tertiary/aromatic N) is 2. The standard InChI is InChI=1S/C17H15N2.HI/c1-19-13-18-16(14-8-4-2-5-9-14)12-17(19)15-10-6-3-7-11-15;/h2-13H,1H3;1H/q+1;/p-1. The van der Waals surface area contributed by atoms with E-state index in [1.165, 1.54) is 5.56 Å². The first-order valence-electron chi connectivity index (χ1n) is 6.31. The quantitative estimate of drug-likeness (QED) is 0.464. The van der Waals surface area contributed by atoms with Crippen molar-refractivity contribution in [3.8, 4) is 22.5 Å². The highest BCUT2D eigenvalue weighted by Gasteiger charge is 2.12. The van der Waals surface area contributed by atoms with Gasteiger partial charge in [-0.25, -0.2) is 4.57 Å². The van der Waals surface area contributed by atoms with Crippen LogP contribution in [0.2, 0.25) is 0 Å². The molecule has 0 fully saturated rings. The molecule has 0 atom stereocenters. The van der Waals surface area contributed by atoms with E-state index in [-0.39, 0.29) is 24.0 Å². The maximum atomic E-state index is 4.50. The molecule has 0 unspecified atom stereocenters. The lowest BCUT2D eigenvalue weighted by atomic mass is 10.1. The highest BCUT2D eigenvalue weighted by Crippen LogP contribution is 2.21. The number of rotatable bonds is 2. The van der Waals surface area contributed by atoms with Crippen LogP contribution in [0.1, 0.15) is 0 Å². The molecule has 100 valence electrons. The Kier molecular flexibility index (Phi) is 4.84. The van der Waals surface area contributed by atoms with Crippen LogP contribution in [0.15, 0.2) is 73.1 Å². The van der Waals surface area contributed by atoms with Gasteiger partial charge in [0.2, 0.25) is 0 Å². The highest BCUT2D eigenvalue weighted by atomic mass is 127. The first-order chi connectivity index (χ1) is 9.34. The van der Waals surface area contributed by atoms with Gasteiger partial charge in [-0.2, -0.15) is 0 Å². The number of halogens is 1. The van der Waals surface area contributed by atoms with Gasteiger partial charge in [-0.15, -0.1) is 0 Å². The maximum absolute atomic E-state index is 4.50. The molecular weight excluding hydrogens is 359 g/mol. The molecule has 0 saturated heterocycles. The summed E-state index contributed by atoms with van der Waals surface area (Å²) in [5, 5.41) is 0. The molecule has 2 nitrogen and oxygen atoms in total. The minimum absolute atomic E-state index is 0. The van der Waals surface area contributed by atoms with Crippen LogP contribution in [-0.4, -0.2) is 4.98 Å². The van der Waals surface area contributed by atoms with Crippen molar-refractivity contribution in [1.82, 2.24) is 4.98 Å².